The summed E-state index contributed by atoms with van der Waals surface area (Å²) in [4.78, 5) is 23.5. The van der Waals surface area contributed by atoms with Crippen molar-refractivity contribution >= 4 is 11.9 Å². The predicted octanol–water partition coefficient (Wildman–Crippen LogP) is 1.52. The van der Waals surface area contributed by atoms with Crippen LogP contribution in [-0.2, 0) is 28.5 Å². The Kier molecular flexibility index (Phi) is 9.16. The van der Waals surface area contributed by atoms with Crippen molar-refractivity contribution < 1.29 is 28.5 Å². The number of ether oxygens (including phenoxy) is 4. The van der Waals surface area contributed by atoms with Gasteiger partial charge in [-0.2, -0.15) is 0 Å². The highest BCUT2D eigenvalue weighted by Gasteiger charge is 2.34. The van der Waals surface area contributed by atoms with Gasteiger partial charge in [0.05, 0.1) is 19.1 Å². The van der Waals surface area contributed by atoms with Gasteiger partial charge >= 0.3 is 11.9 Å². The van der Waals surface area contributed by atoms with E-state index in [-0.39, 0.29) is 13.2 Å². The van der Waals surface area contributed by atoms with Crippen molar-refractivity contribution in [3.8, 4) is 0 Å². The van der Waals surface area contributed by atoms with Crippen LogP contribution in [0.25, 0.3) is 0 Å². The first-order valence-electron chi connectivity index (χ1n) is 6.58. The third-order valence-corrected chi connectivity index (χ3v) is 2.37. The molecule has 0 N–H and O–H groups in total. The van der Waals surface area contributed by atoms with Crippen LogP contribution in [0.4, 0.5) is 0 Å². The molecule has 0 heterocycles. The first-order chi connectivity index (χ1) is 8.97. The summed E-state index contributed by atoms with van der Waals surface area (Å²) >= 11 is 0. The van der Waals surface area contributed by atoms with Gasteiger partial charge in [-0.15, -0.1) is 0 Å². The zero-order valence-corrected chi connectivity index (χ0v) is 12.3. The van der Waals surface area contributed by atoms with Gasteiger partial charge in [0, 0.05) is 6.61 Å². The summed E-state index contributed by atoms with van der Waals surface area (Å²) < 4.78 is 20.4. The highest BCUT2D eigenvalue weighted by atomic mass is 16.7. The maximum Gasteiger partial charge on any atom is 0.336 e. The molecule has 0 fully saturated rings. The van der Waals surface area contributed by atoms with Crippen LogP contribution >= 0.6 is 0 Å². The van der Waals surface area contributed by atoms with E-state index in [0.717, 1.165) is 0 Å². The fourth-order valence-corrected chi connectivity index (χ4v) is 1.48. The monoisotopic (exact) mass is 276 g/mol. The summed E-state index contributed by atoms with van der Waals surface area (Å²) in [6.45, 7) is 9.35. The lowest BCUT2D eigenvalue weighted by Gasteiger charge is -2.24. The molecule has 0 aliphatic heterocycles. The molecular weight excluding hydrogens is 252 g/mol. The SMILES string of the molecule is CCOC(=O)C(C)C(OC(C)OCC)C(=O)OCC. The Balaban J connectivity index is 4.74. The van der Waals surface area contributed by atoms with Crippen LogP contribution < -0.4 is 0 Å². The van der Waals surface area contributed by atoms with Gasteiger partial charge < -0.3 is 18.9 Å². The summed E-state index contributed by atoms with van der Waals surface area (Å²) in [6, 6.07) is 0. The molecule has 6 nitrogen and oxygen atoms in total. The van der Waals surface area contributed by atoms with Crippen LogP contribution in [0.15, 0.2) is 0 Å². The van der Waals surface area contributed by atoms with Crippen molar-refractivity contribution in [2.45, 2.75) is 47.0 Å². The summed E-state index contributed by atoms with van der Waals surface area (Å²) in [5.74, 6) is -1.83. The highest BCUT2D eigenvalue weighted by Crippen LogP contribution is 2.15. The minimum absolute atomic E-state index is 0.219. The van der Waals surface area contributed by atoms with Crippen LogP contribution in [-0.4, -0.2) is 44.2 Å². The number of hydrogen-bond acceptors (Lipinski definition) is 6. The number of hydrogen-bond donors (Lipinski definition) is 0. The molecule has 0 saturated heterocycles. The minimum Gasteiger partial charge on any atom is -0.466 e. The molecule has 0 aliphatic rings. The Morgan fingerprint density at radius 3 is 1.89 bits per heavy atom. The normalized spacial score (nSPS) is 15.4. The summed E-state index contributed by atoms with van der Waals surface area (Å²) in [5, 5.41) is 0. The standard InChI is InChI=1S/C13H24O6/c1-6-16-10(5)19-11(13(15)18-8-3)9(4)12(14)17-7-2/h9-11H,6-8H2,1-5H3. The Hall–Kier alpha value is -1.14. The molecule has 0 aromatic heterocycles. The van der Waals surface area contributed by atoms with E-state index in [4.69, 9.17) is 18.9 Å². The van der Waals surface area contributed by atoms with Crippen LogP contribution in [0, 0.1) is 5.92 Å². The molecule has 0 spiro atoms. The average Bonchev–Trinajstić information content (AvgIpc) is 2.36. The number of rotatable bonds is 9. The zero-order chi connectivity index (χ0) is 14.8. The van der Waals surface area contributed by atoms with Gasteiger partial charge in [-0.25, -0.2) is 4.79 Å². The van der Waals surface area contributed by atoms with Crippen molar-refractivity contribution in [2.24, 2.45) is 5.92 Å². The first-order valence-corrected chi connectivity index (χ1v) is 6.58. The highest BCUT2D eigenvalue weighted by molar-refractivity contribution is 5.83. The lowest BCUT2D eigenvalue weighted by molar-refractivity contribution is -0.199. The second kappa shape index (κ2) is 9.75. The number of carbonyl (C=O) groups excluding carboxylic acids is 2. The summed E-state index contributed by atoms with van der Waals surface area (Å²) in [7, 11) is 0. The second-order valence-electron chi connectivity index (χ2n) is 3.87. The maximum absolute atomic E-state index is 11.8. The molecule has 0 radical (unpaired) electrons. The number of carbonyl (C=O) groups is 2. The third kappa shape index (κ3) is 6.54. The van der Waals surface area contributed by atoms with E-state index in [9.17, 15) is 9.59 Å². The van der Waals surface area contributed by atoms with Crippen molar-refractivity contribution in [1.82, 2.24) is 0 Å². The van der Waals surface area contributed by atoms with Crippen molar-refractivity contribution in [3.05, 3.63) is 0 Å². The van der Waals surface area contributed by atoms with E-state index in [2.05, 4.69) is 0 Å². The lowest BCUT2D eigenvalue weighted by atomic mass is 10.1. The Labute approximate surface area is 114 Å². The topological polar surface area (TPSA) is 71.1 Å². The molecule has 0 aliphatic carbocycles. The molecule has 6 heteroatoms. The van der Waals surface area contributed by atoms with Crippen LogP contribution in [0.3, 0.4) is 0 Å². The molecular formula is C13H24O6. The van der Waals surface area contributed by atoms with E-state index in [1.54, 1.807) is 27.7 Å². The Morgan fingerprint density at radius 1 is 0.895 bits per heavy atom. The van der Waals surface area contributed by atoms with Crippen molar-refractivity contribution in [2.75, 3.05) is 19.8 Å². The zero-order valence-electron chi connectivity index (χ0n) is 12.3. The summed E-state index contributed by atoms with van der Waals surface area (Å²) in [6.07, 6.45) is -1.63. The molecule has 3 unspecified atom stereocenters. The van der Waals surface area contributed by atoms with Gasteiger partial charge in [-0.1, -0.05) is 0 Å². The molecule has 112 valence electrons. The van der Waals surface area contributed by atoms with Gasteiger partial charge in [0.2, 0.25) is 0 Å². The van der Waals surface area contributed by atoms with Crippen LogP contribution in [0.5, 0.6) is 0 Å². The largest absolute Gasteiger partial charge is 0.466 e. The fourth-order valence-electron chi connectivity index (χ4n) is 1.48. The smallest absolute Gasteiger partial charge is 0.336 e. The molecule has 3 atom stereocenters. The van der Waals surface area contributed by atoms with Gasteiger partial charge in [-0.05, 0) is 34.6 Å². The van der Waals surface area contributed by atoms with E-state index in [0.29, 0.717) is 6.61 Å². The van der Waals surface area contributed by atoms with E-state index >= 15 is 0 Å². The summed E-state index contributed by atoms with van der Waals surface area (Å²) in [5.41, 5.74) is 0. The van der Waals surface area contributed by atoms with Gasteiger partial charge in [0.25, 0.3) is 0 Å². The van der Waals surface area contributed by atoms with Crippen molar-refractivity contribution in [3.63, 3.8) is 0 Å². The van der Waals surface area contributed by atoms with Crippen LogP contribution in [0.1, 0.15) is 34.6 Å². The molecule has 0 amide bonds. The minimum atomic E-state index is -1.03. The average molecular weight is 276 g/mol. The Bertz CT molecular complexity index is 278. The number of esters is 2. The van der Waals surface area contributed by atoms with Crippen LogP contribution in [0.2, 0.25) is 0 Å². The fraction of sp³-hybridized carbons (Fsp3) is 0.846. The first kappa shape index (κ1) is 17.9. The van der Waals surface area contributed by atoms with Gasteiger partial charge in [0.1, 0.15) is 0 Å². The van der Waals surface area contributed by atoms with Crippen molar-refractivity contribution in [1.29, 1.82) is 0 Å². The lowest BCUT2D eigenvalue weighted by Crippen LogP contribution is -2.40. The van der Waals surface area contributed by atoms with Gasteiger partial charge in [-0.3, -0.25) is 4.79 Å². The van der Waals surface area contributed by atoms with E-state index < -0.39 is 30.3 Å². The predicted molar refractivity (Wildman–Crippen MR) is 68.4 cm³/mol. The van der Waals surface area contributed by atoms with E-state index in [1.807, 2.05) is 6.92 Å². The molecule has 0 aromatic carbocycles. The molecule has 0 rings (SSSR count). The molecule has 19 heavy (non-hydrogen) atoms. The maximum atomic E-state index is 11.8. The Morgan fingerprint density at radius 2 is 1.42 bits per heavy atom. The van der Waals surface area contributed by atoms with Gasteiger partial charge in [0.15, 0.2) is 12.4 Å². The third-order valence-electron chi connectivity index (χ3n) is 2.37. The quantitative estimate of drug-likeness (QED) is 0.469. The van der Waals surface area contributed by atoms with E-state index in [1.165, 1.54) is 0 Å². The second-order valence-corrected chi connectivity index (χ2v) is 3.87. The molecule has 0 bridgehead atoms. The molecule has 0 aromatic rings. The molecule has 0 saturated carbocycles.